The van der Waals surface area contributed by atoms with E-state index in [0.717, 1.165) is 23.6 Å². The maximum absolute atomic E-state index is 8.79. The fourth-order valence-electron chi connectivity index (χ4n) is 1.74. The third-order valence-electron chi connectivity index (χ3n) is 2.76. The Labute approximate surface area is 119 Å². The first-order valence-electron chi connectivity index (χ1n) is 6.41. The minimum Gasteiger partial charge on any atom is -0.457 e. The number of nitriles is 1. The summed E-state index contributed by atoms with van der Waals surface area (Å²) in [5.74, 6) is 1.51. The van der Waals surface area contributed by atoms with Crippen LogP contribution in [0.1, 0.15) is 11.1 Å². The number of hydrogen-bond acceptors (Lipinski definition) is 3. The van der Waals surface area contributed by atoms with Crippen LogP contribution < -0.4 is 10.1 Å². The van der Waals surface area contributed by atoms with Gasteiger partial charge in [-0.25, -0.2) is 0 Å². The number of hydrogen-bond donors (Lipinski definition) is 1. The second-order valence-electron chi connectivity index (χ2n) is 4.23. The van der Waals surface area contributed by atoms with Crippen molar-refractivity contribution in [1.29, 1.82) is 5.26 Å². The van der Waals surface area contributed by atoms with Crippen LogP contribution in [-0.4, -0.2) is 13.6 Å². The van der Waals surface area contributed by atoms with Gasteiger partial charge in [0.1, 0.15) is 11.5 Å². The van der Waals surface area contributed by atoms with E-state index < -0.39 is 0 Å². The van der Waals surface area contributed by atoms with E-state index in [1.165, 1.54) is 0 Å². The average molecular weight is 264 g/mol. The summed E-state index contributed by atoms with van der Waals surface area (Å²) in [5.41, 5.74) is 1.64. The van der Waals surface area contributed by atoms with Crippen molar-refractivity contribution < 1.29 is 4.74 Å². The summed E-state index contributed by atoms with van der Waals surface area (Å²) in [5, 5.41) is 11.9. The van der Waals surface area contributed by atoms with Crippen LogP contribution in [0.15, 0.2) is 60.7 Å². The van der Waals surface area contributed by atoms with Gasteiger partial charge in [-0.15, -0.1) is 0 Å². The first kappa shape index (κ1) is 13.9. The lowest BCUT2D eigenvalue weighted by atomic mass is 10.1. The van der Waals surface area contributed by atoms with Crippen molar-refractivity contribution in [1.82, 2.24) is 5.32 Å². The molecule has 0 spiro atoms. The first-order chi connectivity index (χ1) is 9.83. The van der Waals surface area contributed by atoms with Crippen LogP contribution in [-0.2, 0) is 0 Å². The van der Waals surface area contributed by atoms with Crippen molar-refractivity contribution in [3.8, 4) is 11.8 Å². The van der Waals surface area contributed by atoms with Gasteiger partial charge in [-0.3, -0.25) is 0 Å². The second kappa shape index (κ2) is 7.13. The molecule has 2 aromatic rings. The Morgan fingerprint density at radius 3 is 2.45 bits per heavy atom. The minimum absolute atomic E-state index is 0.623. The normalized spacial score (nSPS) is 10.9. The molecule has 1 N–H and O–H groups in total. The molecule has 0 unspecified atom stereocenters. The molecule has 0 bridgehead atoms. The highest BCUT2D eigenvalue weighted by molar-refractivity contribution is 5.62. The Balaban J connectivity index is 2.22. The largest absolute Gasteiger partial charge is 0.457 e. The van der Waals surface area contributed by atoms with Gasteiger partial charge in [0.25, 0.3) is 0 Å². The molecule has 0 aliphatic heterocycles. The predicted molar refractivity (Wildman–Crippen MR) is 80.1 cm³/mol. The van der Waals surface area contributed by atoms with E-state index in [1.54, 1.807) is 24.3 Å². The number of rotatable bonds is 5. The summed E-state index contributed by atoms with van der Waals surface area (Å²) in [6.45, 7) is 0.723. The molecule has 0 radical (unpaired) electrons. The van der Waals surface area contributed by atoms with Crippen LogP contribution in [0, 0.1) is 11.3 Å². The molecule has 2 rings (SSSR count). The lowest BCUT2D eigenvalue weighted by Crippen LogP contribution is -2.07. The quantitative estimate of drug-likeness (QED) is 0.843. The van der Waals surface area contributed by atoms with Crippen LogP contribution in [0.2, 0.25) is 0 Å². The van der Waals surface area contributed by atoms with Crippen molar-refractivity contribution in [2.24, 2.45) is 0 Å². The molecule has 3 heteroatoms. The van der Waals surface area contributed by atoms with Crippen molar-refractivity contribution in [2.75, 3.05) is 13.6 Å². The molecule has 0 heterocycles. The van der Waals surface area contributed by atoms with Crippen molar-refractivity contribution >= 4 is 5.76 Å². The van der Waals surface area contributed by atoms with E-state index in [4.69, 9.17) is 10.00 Å². The molecule has 0 saturated carbocycles. The zero-order valence-corrected chi connectivity index (χ0v) is 11.3. The number of nitrogens with zero attached hydrogens (tertiary/aromatic N) is 1. The van der Waals surface area contributed by atoms with Crippen molar-refractivity contribution in [3.05, 3.63) is 71.8 Å². The summed E-state index contributed by atoms with van der Waals surface area (Å²) >= 11 is 0. The number of likely N-dealkylation sites (N-methyl/N-ethyl adjacent to an activating group) is 1. The van der Waals surface area contributed by atoms with Crippen molar-refractivity contribution in [2.45, 2.75) is 0 Å². The zero-order chi connectivity index (χ0) is 14.2. The molecule has 0 aromatic heterocycles. The van der Waals surface area contributed by atoms with E-state index in [2.05, 4.69) is 11.4 Å². The van der Waals surface area contributed by atoms with Crippen LogP contribution >= 0.6 is 0 Å². The minimum atomic E-state index is 0.623. The standard InChI is InChI=1S/C17H16N2O/c1-19-12-11-17(15-5-3-2-4-6-15)20-16-9-7-14(13-18)8-10-16/h2-11,19H,12H2,1H3. The average Bonchev–Trinajstić information content (AvgIpc) is 2.53. The molecule has 0 aliphatic carbocycles. The van der Waals surface area contributed by atoms with Gasteiger partial charge in [0.15, 0.2) is 0 Å². The van der Waals surface area contributed by atoms with Gasteiger partial charge in [0.05, 0.1) is 11.6 Å². The Morgan fingerprint density at radius 2 is 1.85 bits per heavy atom. The van der Waals surface area contributed by atoms with Gasteiger partial charge in [-0.1, -0.05) is 30.3 Å². The fraction of sp³-hybridized carbons (Fsp3) is 0.118. The summed E-state index contributed by atoms with van der Waals surface area (Å²) < 4.78 is 5.91. The maximum Gasteiger partial charge on any atom is 0.131 e. The van der Waals surface area contributed by atoms with E-state index in [-0.39, 0.29) is 0 Å². The first-order valence-corrected chi connectivity index (χ1v) is 6.41. The fourth-order valence-corrected chi connectivity index (χ4v) is 1.74. The third kappa shape index (κ3) is 3.71. The maximum atomic E-state index is 8.79. The molecule has 100 valence electrons. The topological polar surface area (TPSA) is 45.0 Å². The van der Waals surface area contributed by atoms with Gasteiger partial charge in [0.2, 0.25) is 0 Å². The third-order valence-corrected chi connectivity index (χ3v) is 2.76. The molecule has 0 saturated heterocycles. The lowest BCUT2D eigenvalue weighted by Gasteiger charge is -2.10. The smallest absolute Gasteiger partial charge is 0.131 e. The van der Waals surface area contributed by atoms with Gasteiger partial charge in [-0.05, 0) is 37.4 Å². The Hall–Kier alpha value is -2.57. The number of nitrogens with one attached hydrogen (secondary N) is 1. The molecule has 0 aliphatic rings. The number of benzene rings is 2. The van der Waals surface area contributed by atoms with Crippen molar-refractivity contribution in [3.63, 3.8) is 0 Å². The Kier molecular flexibility index (Phi) is 4.94. The summed E-state index contributed by atoms with van der Waals surface area (Å²) in [6.07, 6.45) is 1.99. The van der Waals surface area contributed by atoms with Crippen LogP contribution in [0.4, 0.5) is 0 Å². The van der Waals surface area contributed by atoms with Crippen LogP contribution in [0.5, 0.6) is 5.75 Å². The highest BCUT2D eigenvalue weighted by atomic mass is 16.5. The highest BCUT2D eigenvalue weighted by Crippen LogP contribution is 2.21. The van der Waals surface area contributed by atoms with Gasteiger partial charge < -0.3 is 10.1 Å². The van der Waals surface area contributed by atoms with Gasteiger partial charge >= 0.3 is 0 Å². The molecule has 20 heavy (non-hydrogen) atoms. The van der Waals surface area contributed by atoms with Gasteiger partial charge in [0, 0.05) is 12.1 Å². The molecule has 3 nitrogen and oxygen atoms in total. The lowest BCUT2D eigenvalue weighted by molar-refractivity contribution is 0.513. The molecule has 0 fully saturated rings. The molecular formula is C17H16N2O. The van der Waals surface area contributed by atoms with E-state index >= 15 is 0 Å². The Bertz CT molecular complexity index is 610. The summed E-state index contributed by atoms with van der Waals surface area (Å²) in [6, 6.07) is 19.1. The van der Waals surface area contributed by atoms with E-state index in [1.807, 2.05) is 43.5 Å². The van der Waals surface area contributed by atoms with E-state index in [9.17, 15) is 0 Å². The Morgan fingerprint density at radius 1 is 1.15 bits per heavy atom. The summed E-state index contributed by atoms with van der Waals surface area (Å²) in [7, 11) is 1.89. The summed E-state index contributed by atoms with van der Waals surface area (Å²) in [4.78, 5) is 0. The molecule has 0 atom stereocenters. The molecule has 0 amide bonds. The van der Waals surface area contributed by atoms with E-state index in [0.29, 0.717) is 5.56 Å². The monoisotopic (exact) mass is 264 g/mol. The predicted octanol–water partition coefficient (Wildman–Crippen LogP) is 3.20. The van der Waals surface area contributed by atoms with Gasteiger partial charge in [-0.2, -0.15) is 5.26 Å². The molecular weight excluding hydrogens is 248 g/mol. The molecule has 2 aromatic carbocycles. The SMILES string of the molecule is CNCC=C(Oc1ccc(C#N)cc1)c1ccccc1. The van der Waals surface area contributed by atoms with Crippen LogP contribution in [0.25, 0.3) is 5.76 Å². The zero-order valence-electron chi connectivity index (χ0n) is 11.3. The second-order valence-corrected chi connectivity index (χ2v) is 4.23. The number of ether oxygens (including phenoxy) is 1. The van der Waals surface area contributed by atoms with Crippen LogP contribution in [0.3, 0.4) is 0 Å². The highest BCUT2D eigenvalue weighted by Gasteiger charge is 2.04.